The third-order valence-corrected chi connectivity index (χ3v) is 4.59. The van der Waals surface area contributed by atoms with Gasteiger partial charge in [-0.1, -0.05) is 12.1 Å². The maximum Gasteiger partial charge on any atom is 0.257 e. The van der Waals surface area contributed by atoms with E-state index in [1.165, 1.54) is 12.5 Å². The molecule has 0 fully saturated rings. The molecule has 0 aliphatic carbocycles. The van der Waals surface area contributed by atoms with Gasteiger partial charge in [0, 0.05) is 34.6 Å². The highest BCUT2D eigenvalue weighted by atomic mass is 16.1. The van der Waals surface area contributed by atoms with Crippen molar-refractivity contribution in [3.05, 3.63) is 78.9 Å². The van der Waals surface area contributed by atoms with E-state index in [1.807, 2.05) is 42.5 Å². The molecule has 0 saturated heterocycles. The van der Waals surface area contributed by atoms with Crippen LogP contribution in [0.15, 0.2) is 73.3 Å². The van der Waals surface area contributed by atoms with Crippen molar-refractivity contribution in [2.45, 2.75) is 0 Å². The summed E-state index contributed by atoms with van der Waals surface area (Å²) in [6, 6.07) is 17.0. The van der Waals surface area contributed by atoms with Gasteiger partial charge in [-0.25, -0.2) is 4.98 Å². The molecule has 0 radical (unpaired) electrons. The quantitative estimate of drug-likeness (QED) is 0.440. The van der Waals surface area contributed by atoms with Crippen molar-refractivity contribution in [2.24, 2.45) is 0 Å². The van der Waals surface area contributed by atoms with Gasteiger partial charge in [0.15, 0.2) is 5.82 Å². The van der Waals surface area contributed by atoms with Crippen LogP contribution in [0.5, 0.6) is 0 Å². The number of H-pyrrole nitrogens is 2. The van der Waals surface area contributed by atoms with Crippen LogP contribution in [0.25, 0.3) is 33.5 Å². The van der Waals surface area contributed by atoms with Crippen molar-refractivity contribution < 1.29 is 4.79 Å². The second-order valence-corrected chi connectivity index (χ2v) is 6.44. The van der Waals surface area contributed by atoms with Crippen LogP contribution >= 0.6 is 0 Å². The molecular weight excluding hydrogens is 366 g/mol. The summed E-state index contributed by atoms with van der Waals surface area (Å²) in [5.74, 6) is 0.500. The third kappa shape index (κ3) is 3.23. The van der Waals surface area contributed by atoms with Gasteiger partial charge < -0.3 is 5.32 Å². The van der Waals surface area contributed by atoms with E-state index in [0.29, 0.717) is 17.1 Å². The lowest BCUT2D eigenvalue weighted by molar-refractivity contribution is 0.102. The Labute approximate surface area is 165 Å². The highest BCUT2D eigenvalue weighted by molar-refractivity contribution is 6.04. The van der Waals surface area contributed by atoms with Crippen LogP contribution in [0.1, 0.15) is 10.4 Å². The molecule has 0 aliphatic rings. The Morgan fingerprint density at radius 3 is 2.59 bits per heavy atom. The molecule has 5 rings (SSSR count). The van der Waals surface area contributed by atoms with Crippen LogP contribution < -0.4 is 5.32 Å². The molecule has 8 heteroatoms. The molecule has 3 N–H and O–H groups in total. The first-order chi connectivity index (χ1) is 14.3. The van der Waals surface area contributed by atoms with Gasteiger partial charge in [-0.15, -0.1) is 0 Å². The lowest BCUT2D eigenvalue weighted by atomic mass is 10.0. The maximum atomic E-state index is 12.3. The average Bonchev–Trinajstić information content (AvgIpc) is 3.45. The minimum atomic E-state index is -0.201. The van der Waals surface area contributed by atoms with Crippen molar-refractivity contribution in [2.75, 3.05) is 5.32 Å². The molecular formula is C21H15N7O. The van der Waals surface area contributed by atoms with Crippen LogP contribution in [0, 0.1) is 0 Å². The number of carbonyl (C=O) groups excluding carboxylic acids is 1. The fourth-order valence-corrected chi connectivity index (χ4v) is 3.14. The number of anilines is 1. The Kier molecular flexibility index (Phi) is 4.06. The van der Waals surface area contributed by atoms with E-state index in [1.54, 1.807) is 18.3 Å². The number of hydrogen-bond acceptors (Lipinski definition) is 5. The SMILES string of the molecule is O=C(Nc1ccc(-c2n[nH]c3ccc(-c4ncn[nH]4)cc23)cc1)c1cccnc1. The molecule has 1 amide bonds. The molecule has 29 heavy (non-hydrogen) atoms. The predicted octanol–water partition coefficient (Wildman–Crippen LogP) is 3.66. The molecule has 2 aromatic carbocycles. The molecule has 0 spiro atoms. The molecule has 5 aromatic rings. The van der Waals surface area contributed by atoms with Gasteiger partial charge in [0.2, 0.25) is 0 Å². The predicted molar refractivity (Wildman–Crippen MR) is 109 cm³/mol. The Balaban J connectivity index is 1.43. The van der Waals surface area contributed by atoms with Crippen molar-refractivity contribution in [3.8, 4) is 22.6 Å². The first-order valence-corrected chi connectivity index (χ1v) is 8.93. The van der Waals surface area contributed by atoms with E-state index >= 15 is 0 Å². The molecule has 8 nitrogen and oxygen atoms in total. The smallest absolute Gasteiger partial charge is 0.257 e. The number of carbonyl (C=O) groups is 1. The maximum absolute atomic E-state index is 12.3. The number of pyridine rings is 1. The highest BCUT2D eigenvalue weighted by Crippen LogP contribution is 2.30. The standard InChI is InChI=1S/C21H15N7O/c29-21(15-2-1-9-22-11-15)25-16-6-3-13(4-7-16)19-17-10-14(20-23-12-24-28-20)5-8-18(17)26-27-19/h1-12H,(H,25,29)(H,26,27)(H,23,24,28). The van der Waals surface area contributed by atoms with Crippen LogP contribution in [-0.2, 0) is 0 Å². The fourth-order valence-electron chi connectivity index (χ4n) is 3.14. The van der Waals surface area contributed by atoms with E-state index in [2.05, 4.69) is 35.7 Å². The summed E-state index contributed by atoms with van der Waals surface area (Å²) >= 11 is 0. The topological polar surface area (TPSA) is 112 Å². The normalized spacial score (nSPS) is 10.9. The molecule has 0 unspecified atom stereocenters. The van der Waals surface area contributed by atoms with E-state index in [9.17, 15) is 4.79 Å². The van der Waals surface area contributed by atoms with Crippen LogP contribution in [0.2, 0.25) is 0 Å². The first-order valence-electron chi connectivity index (χ1n) is 8.93. The summed E-state index contributed by atoms with van der Waals surface area (Å²) in [6.45, 7) is 0. The Hall–Kier alpha value is -4.33. The summed E-state index contributed by atoms with van der Waals surface area (Å²) in [5, 5.41) is 18.1. The zero-order valence-electron chi connectivity index (χ0n) is 15.1. The van der Waals surface area contributed by atoms with Crippen molar-refractivity contribution in [1.82, 2.24) is 30.4 Å². The van der Waals surface area contributed by atoms with Gasteiger partial charge in [-0.3, -0.25) is 20.0 Å². The molecule has 3 heterocycles. The number of nitrogens with zero attached hydrogens (tertiary/aromatic N) is 4. The molecule has 0 saturated carbocycles. The fraction of sp³-hybridized carbons (Fsp3) is 0. The lowest BCUT2D eigenvalue weighted by Gasteiger charge is -2.06. The third-order valence-electron chi connectivity index (χ3n) is 4.59. The summed E-state index contributed by atoms with van der Waals surface area (Å²) in [4.78, 5) is 20.4. The molecule has 0 aliphatic heterocycles. The summed E-state index contributed by atoms with van der Waals surface area (Å²) in [5.41, 5.74) is 4.83. The van der Waals surface area contributed by atoms with Crippen molar-refractivity contribution >= 4 is 22.5 Å². The van der Waals surface area contributed by atoms with E-state index in [0.717, 1.165) is 27.7 Å². The number of amides is 1. The van der Waals surface area contributed by atoms with Gasteiger partial charge in [-0.2, -0.15) is 10.2 Å². The molecule has 140 valence electrons. The number of fused-ring (bicyclic) bond motifs is 1. The van der Waals surface area contributed by atoms with Crippen molar-refractivity contribution in [1.29, 1.82) is 0 Å². The Bertz CT molecular complexity index is 1280. The van der Waals surface area contributed by atoms with Gasteiger partial charge in [0.05, 0.1) is 16.8 Å². The zero-order valence-corrected chi connectivity index (χ0v) is 15.1. The van der Waals surface area contributed by atoms with Gasteiger partial charge in [0.1, 0.15) is 6.33 Å². The summed E-state index contributed by atoms with van der Waals surface area (Å²) in [7, 11) is 0. The van der Waals surface area contributed by atoms with E-state index in [4.69, 9.17) is 0 Å². The number of rotatable bonds is 4. The molecule has 0 atom stereocenters. The zero-order chi connectivity index (χ0) is 19.6. The van der Waals surface area contributed by atoms with Crippen LogP contribution in [0.4, 0.5) is 5.69 Å². The van der Waals surface area contributed by atoms with Crippen LogP contribution in [-0.4, -0.2) is 36.3 Å². The van der Waals surface area contributed by atoms with Gasteiger partial charge >= 0.3 is 0 Å². The average molecular weight is 381 g/mol. The number of aromatic amines is 2. The first kappa shape index (κ1) is 16.8. The van der Waals surface area contributed by atoms with Gasteiger partial charge in [0.25, 0.3) is 5.91 Å². The Morgan fingerprint density at radius 2 is 1.83 bits per heavy atom. The van der Waals surface area contributed by atoms with E-state index < -0.39 is 0 Å². The minimum Gasteiger partial charge on any atom is -0.322 e. The second-order valence-electron chi connectivity index (χ2n) is 6.44. The largest absolute Gasteiger partial charge is 0.322 e. The van der Waals surface area contributed by atoms with Crippen LogP contribution in [0.3, 0.4) is 0 Å². The monoisotopic (exact) mass is 381 g/mol. The molecule has 0 bridgehead atoms. The number of benzene rings is 2. The van der Waals surface area contributed by atoms with E-state index in [-0.39, 0.29) is 5.91 Å². The Morgan fingerprint density at radius 1 is 0.966 bits per heavy atom. The molecule has 3 aromatic heterocycles. The lowest BCUT2D eigenvalue weighted by Crippen LogP contribution is -2.11. The highest BCUT2D eigenvalue weighted by Gasteiger charge is 2.11. The number of nitrogens with one attached hydrogen (secondary N) is 3. The summed E-state index contributed by atoms with van der Waals surface area (Å²) < 4.78 is 0. The van der Waals surface area contributed by atoms with Gasteiger partial charge in [-0.05, 0) is 42.5 Å². The number of hydrogen-bond donors (Lipinski definition) is 3. The van der Waals surface area contributed by atoms with Crippen molar-refractivity contribution in [3.63, 3.8) is 0 Å². The number of aromatic nitrogens is 6. The minimum absolute atomic E-state index is 0.201. The summed E-state index contributed by atoms with van der Waals surface area (Å²) in [6.07, 6.45) is 4.65. The second kappa shape index (κ2) is 7.01.